The van der Waals surface area contributed by atoms with Crippen molar-refractivity contribution < 1.29 is 14.6 Å². The third kappa shape index (κ3) is 3.35. The summed E-state index contributed by atoms with van der Waals surface area (Å²) in [6, 6.07) is 10.1. The number of ether oxygens (including phenoxy) is 1. The second-order valence-corrected chi connectivity index (χ2v) is 4.29. The summed E-state index contributed by atoms with van der Waals surface area (Å²) < 4.78 is 5.14. The maximum absolute atomic E-state index is 11.3. The summed E-state index contributed by atoms with van der Waals surface area (Å²) in [4.78, 5) is 11.3. The first-order valence-electron chi connectivity index (χ1n) is 6.16. The third-order valence-electron chi connectivity index (χ3n) is 2.95. The van der Waals surface area contributed by atoms with E-state index in [0.717, 1.165) is 18.4 Å². The van der Waals surface area contributed by atoms with E-state index < -0.39 is 5.78 Å². The van der Waals surface area contributed by atoms with Crippen LogP contribution in [0.25, 0.3) is 0 Å². The first kappa shape index (κ1) is 13.1. The molecule has 1 aliphatic rings. The van der Waals surface area contributed by atoms with Gasteiger partial charge >= 0.3 is 0 Å². The Balaban J connectivity index is 2.06. The SMILES string of the molecule is COC1=CC(=O)C(O)=C/C1=C\CCc1ccccc1. The Morgan fingerprint density at radius 3 is 2.63 bits per heavy atom. The zero-order valence-corrected chi connectivity index (χ0v) is 10.8. The summed E-state index contributed by atoms with van der Waals surface area (Å²) in [5.74, 6) is -0.167. The number of benzene rings is 1. The van der Waals surface area contributed by atoms with Gasteiger partial charge in [-0.1, -0.05) is 36.4 Å². The Kier molecular flexibility index (Phi) is 4.18. The quantitative estimate of drug-likeness (QED) is 0.900. The average Bonchev–Trinajstić information content (AvgIpc) is 2.43. The Morgan fingerprint density at radius 2 is 1.95 bits per heavy atom. The predicted molar refractivity (Wildman–Crippen MR) is 73.7 cm³/mol. The van der Waals surface area contributed by atoms with Crippen molar-refractivity contribution in [3.63, 3.8) is 0 Å². The number of aryl methyl sites for hydroxylation is 1. The summed E-state index contributed by atoms with van der Waals surface area (Å²) in [7, 11) is 1.51. The summed E-state index contributed by atoms with van der Waals surface area (Å²) in [5, 5.41) is 9.45. The van der Waals surface area contributed by atoms with E-state index in [1.807, 2.05) is 24.3 Å². The van der Waals surface area contributed by atoms with Crippen molar-refractivity contribution in [2.24, 2.45) is 0 Å². The van der Waals surface area contributed by atoms with Crippen molar-refractivity contribution in [1.82, 2.24) is 0 Å². The molecule has 1 aliphatic carbocycles. The van der Waals surface area contributed by atoms with E-state index in [9.17, 15) is 9.90 Å². The lowest BCUT2D eigenvalue weighted by molar-refractivity contribution is -0.113. The van der Waals surface area contributed by atoms with Crippen LogP contribution >= 0.6 is 0 Å². The minimum absolute atomic E-state index is 0.244. The molecule has 3 nitrogen and oxygen atoms in total. The molecule has 2 rings (SSSR count). The molecule has 3 heteroatoms. The minimum Gasteiger partial charge on any atom is -0.504 e. The molecule has 0 unspecified atom stereocenters. The van der Waals surface area contributed by atoms with Gasteiger partial charge in [-0.3, -0.25) is 4.79 Å². The lowest BCUT2D eigenvalue weighted by atomic mass is 10.0. The Hall–Kier alpha value is -2.29. The lowest BCUT2D eigenvalue weighted by Crippen LogP contribution is -2.08. The molecular formula is C16H16O3. The van der Waals surface area contributed by atoms with Crippen LogP contribution < -0.4 is 0 Å². The number of hydrogen-bond donors (Lipinski definition) is 1. The minimum atomic E-state index is -0.419. The van der Waals surface area contributed by atoms with Crippen molar-refractivity contribution >= 4 is 5.78 Å². The molecule has 0 aliphatic heterocycles. The van der Waals surface area contributed by atoms with Gasteiger partial charge in [-0.2, -0.15) is 0 Å². The summed E-state index contributed by atoms with van der Waals surface area (Å²) >= 11 is 0. The predicted octanol–water partition coefficient (Wildman–Crippen LogP) is 3.10. The average molecular weight is 256 g/mol. The van der Waals surface area contributed by atoms with E-state index in [2.05, 4.69) is 12.1 Å². The number of allylic oxidation sites excluding steroid dienone is 3. The Bertz CT molecular complexity index is 551. The molecule has 1 aromatic carbocycles. The number of hydrogen-bond acceptors (Lipinski definition) is 3. The van der Waals surface area contributed by atoms with Gasteiger partial charge in [0.15, 0.2) is 5.76 Å². The number of ketones is 1. The highest BCUT2D eigenvalue weighted by Crippen LogP contribution is 2.21. The highest BCUT2D eigenvalue weighted by molar-refractivity contribution is 6.04. The number of aliphatic hydroxyl groups is 1. The maximum Gasteiger partial charge on any atom is 0.223 e. The Morgan fingerprint density at radius 1 is 1.21 bits per heavy atom. The molecule has 0 bridgehead atoms. The first-order valence-corrected chi connectivity index (χ1v) is 6.16. The van der Waals surface area contributed by atoms with Crippen LogP contribution in [0.3, 0.4) is 0 Å². The zero-order chi connectivity index (χ0) is 13.7. The van der Waals surface area contributed by atoms with Crippen molar-refractivity contribution in [3.8, 4) is 0 Å². The van der Waals surface area contributed by atoms with E-state index in [4.69, 9.17) is 4.74 Å². The molecule has 0 fully saturated rings. The zero-order valence-electron chi connectivity index (χ0n) is 10.8. The van der Waals surface area contributed by atoms with E-state index in [0.29, 0.717) is 5.76 Å². The van der Waals surface area contributed by atoms with Crippen LogP contribution in [0, 0.1) is 0 Å². The molecule has 0 saturated heterocycles. The number of aliphatic hydroxyl groups excluding tert-OH is 1. The van der Waals surface area contributed by atoms with Crippen LogP contribution in [0.2, 0.25) is 0 Å². The van der Waals surface area contributed by atoms with E-state index >= 15 is 0 Å². The van der Waals surface area contributed by atoms with Crippen LogP contribution in [0.5, 0.6) is 0 Å². The summed E-state index contributed by atoms with van der Waals surface area (Å²) in [6.45, 7) is 0. The number of methoxy groups -OCH3 is 1. The highest BCUT2D eigenvalue weighted by atomic mass is 16.5. The molecule has 0 spiro atoms. The maximum atomic E-state index is 11.3. The monoisotopic (exact) mass is 256 g/mol. The second kappa shape index (κ2) is 6.05. The van der Waals surface area contributed by atoms with Crippen molar-refractivity contribution in [2.75, 3.05) is 7.11 Å². The molecule has 0 saturated carbocycles. The van der Waals surface area contributed by atoms with E-state index in [1.54, 1.807) is 0 Å². The molecule has 0 amide bonds. The molecule has 0 radical (unpaired) electrons. The third-order valence-corrected chi connectivity index (χ3v) is 2.95. The van der Waals surface area contributed by atoms with Gasteiger partial charge in [0.2, 0.25) is 5.78 Å². The van der Waals surface area contributed by atoms with Gasteiger partial charge in [0.05, 0.1) is 7.11 Å². The van der Waals surface area contributed by atoms with Crippen molar-refractivity contribution in [3.05, 3.63) is 71.2 Å². The van der Waals surface area contributed by atoms with Crippen LogP contribution in [0.1, 0.15) is 12.0 Å². The molecule has 0 atom stereocenters. The van der Waals surface area contributed by atoms with Gasteiger partial charge in [0.1, 0.15) is 5.76 Å². The van der Waals surface area contributed by atoms with Gasteiger partial charge in [-0.05, 0) is 24.5 Å². The molecule has 1 aromatic rings. The normalized spacial score (nSPS) is 17.1. The fourth-order valence-electron chi connectivity index (χ4n) is 1.94. The molecule has 98 valence electrons. The Labute approximate surface area is 112 Å². The highest BCUT2D eigenvalue weighted by Gasteiger charge is 2.16. The van der Waals surface area contributed by atoms with Gasteiger partial charge < -0.3 is 9.84 Å². The number of carbonyl (C=O) groups excluding carboxylic acids is 1. The second-order valence-electron chi connectivity index (χ2n) is 4.29. The van der Waals surface area contributed by atoms with Gasteiger partial charge in [-0.25, -0.2) is 0 Å². The van der Waals surface area contributed by atoms with E-state index in [1.165, 1.54) is 24.8 Å². The van der Waals surface area contributed by atoms with Gasteiger partial charge in [-0.15, -0.1) is 0 Å². The van der Waals surface area contributed by atoms with Crippen LogP contribution in [-0.2, 0) is 16.0 Å². The molecule has 0 aromatic heterocycles. The standard InChI is InChI=1S/C16H16O3/c1-19-16-11-15(18)14(17)10-13(16)9-5-8-12-6-3-2-4-7-12/h2-4,6-7,9-11,17H,5,8H2,1H3/b13-9+. The molecular weight excluding hydrogens is 240 g/mol. The summed E-state index contributed by atoms with van der Waals surface area (Å²) in [6.07, 6.45) is 6.45. The fraction of sp³-hybridized carbons (Fsp3) is 0.188. The molecule has 19 heavy (non-hydrogen) atoms. The number of carbonyl (C=O) groups is 1. The van der Waals surface area contributed by atoms with Crippen LogP contribution in [0.15, 0.2) is 65.7 Å². The topological polar surface area (TPSA) is 46.5 Å². The van der Waals surface area contributed by atoms with E-state index in [-0.39, 0.29) is 5.76 Å². The largest absolute Gasteiger partial charge is 0.504 e. The van der Waals surface area contributed by atoms with Gasteiger partial charge in [0.25, 0.3) is 0 Å². The number of rotatable bonds is 4. The first-order chi connectivity index (χ1) is 9.20. The smallest absolute Gasteiger partial charge is 0.223 e. The molecule has 0 heterocycles. The van der Waals surface area contributed by atoms with Crippen molar-refractivity contribution in [2.45, 2.75) is 12.8 Å². The fourth-order valence-corrected chi connectivity index (χ4v) is 1.94. The summed E-state index contributed by atoms with van der Waals surface area (Å²) in [5.41, 5.74) is 2.00. The van der Waals surface area contributed by atoms with Crippen LogP contribution in [0.4, 0.5) is 0 Å². The van der Waals surface area contributed by atoms with Crippen LogP contribution in [-0.4, -0.2) is 18.0 Å². The van der Waals surface area contributed by atoms with Gasteiger partial charge in [0, 0.05) is 11.6 Å². The molecule has 1 N–H and O–H groups in total. The van der Waals surface area contributed by atoms with Crippen molar-refractivity contribution in [1.29, 1.82) is 0 Å². The lowest BCUT2D eigenvalue weighted by Gasteiger charge is -2.12.